The average molecular weight is 371 g/mol. The van der Waals surface area contributed by atoms with E-state index in [0.717, 1.165) is 5.56 Å². The Balaban J connectivity index is 2.29. The van der Waals surface area contributed by atoms with Crippen LogP contribution in [-0.2, 0) is 5.75 Å². The van der Waals surface area contributed by atoms with Gasteiger partial charge in [-0.25, -0.2) is 19.2 Å². The number of benzene rings is 1. The third kappa shape index (κ3) is 3.79. The quantitative estimate of drug-likeness (QED) is 0.651. The molecule has 1 aromatic carbocycles. The number of nitrogens with zero attached hydrogens (tertiary/aromatic N) is 2. The SMILES string of the molecule is Cc1nc(C)c(C(=O)O)c(SCc2ccc(F)cc2Br)n1. The van der Waals surface area contributed by atoms with Crippen molar-refractivity contribution in [2.45, 2.75) is 24.6 Å². The van der Waals surface area contributed by atoms with Gasteiger partial charge in [0.1, 0.15) is 22.2 Å². The zero-order valence-corrected chi connectivity index (χ0v) is 13.8. The predicted molar refractivity (Wildman–Crippen MR) is 82.1 cm³/mol. The highest BCUT2D eigenvalue weighted by Gasteiger charge is 2.17. The molecule has 0 radical (unpaired) electrons. The number of carbonyl (C=O) groups is 1. The highest BCUT2D eigenvalue weighted by atomic mass is 79.9. The van der Waals surface area contributed by atoms with Gasteiger partial charge in [0.15, 0.2) is 0 Å². The number of aromatic nitrogens is 2. The van der Waals surface area contributed by atoms with E-state index in [0.29, 0.717) is 26.8 Å². The molecule has 0 saturated heterocycles. The molecule has 21 heavy (non-hydrogen) atoms. The summed E-state index contributed by atoms with van der Waals surface area (Å²) in [5.74, 6) is -0.362. The minimum absolute atomic E-state index is 0.115. The number of thioether (sulfide) groups is 1. The fraction of sp³-hybridized carbons (Fsp3) is 0.214. The van der Waals surface area contributed by atoms with Crippen LogP contribution in [0.4, 0.5) is 4.39 Å². The van der Waals surface area contributed by atoms with E-state index in [1.165, 1.54) is 23.9 Å². The van der Waals surface area contributed by atoms with Crippen LogP contribution in [0.1, 0.15) is 27.4 Å². The van der Waals surface area contributed by atoms with Crippen LogP contribution in [0.15, 0.2) is 27.7 Å². The van der Waals surface area contributed by atoms with Crippen molar-refractivity contribution >= 4 is 33.7 Å². The van der Waals surface area contributed by atoms with Gasteiger partial charge < -0.3 is 5.11 Å². The van der Waals surface area contributed by atoms with Crippen molar-refractivity contribution in [2.75, 3.05) is 0 Å². The van der Waals surface area contributed by atoms with Crippen molar-refractivity contribution in [2.24, 2.45) is 0 Å². The molecule has 0 aliphatic heterocycles. The molecule has 0 atom stereocenters. The molecule has 0 bridgehead atoms. The lowest BCUT2D eigenvalue weighted by molar-refractivity contribution is 0.0690. The van der Waals surface area contributed by atoms with Crippen LogP contribution in [-0.4, -0.2) is 21.0 Å². The lowest BCUT2D eigenvalue weighted by Crippen LogP contribution is -2.08. The van der Waals surface area contributed by atoms with Crippen LogP contribution >= 0.6 is 27.7 Å². The first-order valence-corrected chi connectivity index (χ1v) is 7.81. The van der Waals surface area contributed by atoms with Gasteiger partial charge in [0.2, 0.25) is 0 Å². The molecular formula is C14H12BrFN2O2S. The maximum absolute atomic E-state index is 13.1. The second kappa shape index (κ2) is 6.53. The molecule has 0 fully saturated rings. The second-order valence-corrected chi connectivity index (χ2v) is 6.18. The van der Waals surface area contributed by atoms with Gasteiger partial charge in [0.05, 0.1) is 5.69 Å². The fourth-order valence-electron chi connectivity index (χ4n) is 1.82. The van der Waals surface area contributed by atoms with Gasteiger partial charge in [0, 0.05) is 10.2 Å². The molecule has 2 aromatic rings. The van der Waals surface area contributed by atoms with Gasteiger partial charge >= 0.3 is 5.97 Å². The Morgan fingerprint density at radius 2 is 2.10 bits per heavy atom. The second-order valence-electron chi connectivity index (χ2n) is 4.37. The molecule has 2 rings (SSSR count). The number of aryl methyl sites for hydroxylation is 2. The topological polar surface area (TPSA) is 63.1 Å². The summed E-state index contributed by atoms with van der Waals surface area (Å²) in [5, 5.41) is 9.69. The standard InChI is InChI=1S/C14H12BrFN2O2S/c1-7-12(14(19)20)13(18-8(2)17-7)21-6-9-3-4-10(16)5-11(9)15/h3-5H,6H2,1-2H3,(H,19,20). The Labute approximate surface area is 133 Å². The number of rotatable bonds is 4. The number of hydrogen-bond donors (Lipinski definition) is 1. The van der Waals surface area contributed by atoms with Gasteiger partial charge in [0.25, 0.3) is 0 Å². The Kier molecular flexibility index (Phi) is 4.95. The number of halogens is 2. The third-order valence-electron chi connectivity index (χ3n) is 2.76. The van der Waals surface area contributed by atoms with E-state index in [-0.39, 0.29) is 11.4 Å². The first-order chi connectivity index (χ1) is 9.88. The zero-order valence-electron chi connectivity index (χ0n) is 11.4. The van der Waals surface area contributed by atoms with E-state index in [1.807, 2.05) is 0 Å². The van der Waals surface area contributed by atoms with E-state index in [2.05, 4.69) is 25.9 Å². The first-order valence-electron chi connectivity index (χ1n) is 6.03. The molecule has 4 nitrogen and oxygen atoms in total. The number of carboxylic acids is 1. The summed E-state index contributed by atoms with van der Waals surface area (Å²) in [6, 6.07) is 4.41. The lowest BCUT2D eigenvalue weighted by atomic mass is 10.2. The van der Waals surface area contributed by atoms with Gasteiger partial charge in [-0.3, -0.25) is 0 Å². The third-order valence-corrected chi connectivity index (χ3v) is 4.52. The highest BCUT2D eigenvalue weighted by molar-refractivity contribution is 9.10. The Hall–Kier alpha value is -1.47. The van der Waals surface area contributed by atoms with Crippen LogP contribution in [0.3, 0.4) is 0 Å². The Morgan fingerprint density at radius 3 is 2.71 bits per heavy atom. The smallest absolute Gasteiger partial charge is 0.340 e. The summed E-state index contributed by atoms with van der Waals surface area (Å²) in [4.78, 5) is 19.6. The fourth-order valence-corrected chi connectivity index (χ4v) is 3.61. The van der Waals surface area contributed by atoms with Crippen LogP contribution in [0.25, 0.3) is 0 Å². The maximum atomic E-state index is 13.1. The summed E-state index contributed by atoms with van der Waals surface area (Å²) in [6.07, 6.45) is 0. The van der Waals surface area contributed by atoms with Crippen LogP contribution < -0.4 is 0 Å². The van der Waals surface area contributed by atoms with Crippen LogP contribution in [0, 0.1) is 19.7 Å². The van der Waals surface area contributed by atoms with Crippen molar-refractivity contribution in [3.05, 3.63) is 51.1 Å². The molecular weight excluding hydrogens is 359 g/mol. The molecule has 110 valence electrons. The first kappa shape index (κ1) is 15.9. The average Bonchev–Trinajstić information content (AvgIpc) is 2.36. The summed E-state index contributed by atoms with van der Waals surface area (Å²) in [6.45, 7) is 3.37. The molecule has 7 heteroatoms. The van der Waals surface area contributed by atoms with Gasteiger partial charge in [-0.2, -0.15) is 0 Å². The van der Waals surface area contributed by atoms with E-state index >= 15 is 0 Å². The van der Waals surface area contributed by atoms with Crippen LogP contribution in [0.5, 0.6) is 0 Å². The largest absolute Gasteiger partial charge is 0.478 e. The molecule has 0 aliphatic carbocycles. The predicted octanol–water partition coefficient (Wildman–Crippen LogP) is 3.99. The van der Waals surface area contributed by atoms with Gasteiger partial charge in [-0.1, -0.05) is 22.0 Å². The minimum atomic E-state index is -1.05. The highest BCUT2D eigenvalue weighted by Crippen LogP contribution is 2.29. The summed E-state index contributed by atoms with van der Waals surface area (Å²) in [7, 11) is 0. The molecule has 0 spiro atoms. The van der Waals surface area contributed by atoms with Crippen LogP contribution in [0.2, 0.25) is 0 Å². The summed E-state index contributed by atoms with van der Waals surface area (Å²) in [5.41, 5.74) is 1.42. The lowest BCUT2D eigenvalue weighted by Gasteiger charge is -2.09. The van der Waals surface area contributed by atoms with E-state index < -0.39 is 5.97 Å². The normalized spacial score (nSPS) is 10.7. The van der Waals surface area contributed by atoms with E-state index in [4.69, 9.17) is 0 Å². The van der Waals surface area contributed by atoms with Crippen molar-refractivity contribution < 1.29 is 14.3 Å². The number of aromatic carboxylic acids is 1. The molecule has 0 saturated carbocycles. The summed E-state index contributed by atoms with van der Waals surface area (Å²) >= 11 is 4.59. The summed E-state index contributed by atoms with van der Waals surface area (Å²) < 4.78 is 13.7. The van der Waals surface area contributed by atoms with Crippen molar-refractivity contribution in [1.29, 1.82) is 0 Å². The molecule has 0 amide bonds. The molecule has 0 unspecified atom stereocenters. The number of carboxylic acid groups (broad SMARTS) is 1. The zero-order chi connectivity index (χ0) is 15.6. The van der Waals surface area contributed by atoms with Gasteiger partial charge in [-0.05, 0) is 31.5 Å². The monoisotopic (exact) mass is 370 g/mol. The molecule has 1 aromatic heterocycles. The van der Waals surface area contributed by atoms with Crippen molar-refractivity contribution in [1.82, 2.24) is 9.97 Å². The molecule has 1 heterocycles. The van der Waals surface area contributed by atoms with E-state index in [9.17, 15) is 14.3 Å². The molecule has 1 N–H and O–H groups in total. The van der Waals surface area contributed by atoms with Crippen molar-refractivity contribution in [3.8, 4) is 0 Å². The molecule has 0 aliphatic rings. The minimum Gasteiger partial charge on any atom is -0.478 e. The van der Waals surface area contributed by atoms with E-state index in [1.54, 1.807) is 19.9 Å². The Bertz CT molecular complexity index is 710. The maximum Gasteiger partial charge on any atom is 0.340 e. The Morgan fingerprint density at radius 1 is 1.38 bits per heavy atom. The van der Waals surface area contributed by atoms with Crippen molar-refractivity contribution in [3.63, 3.8) is 0 Å². The van der Waals surface area contributed by atoms with Gasteiger partial charge in [-0.15, -0.1) is 11.8 Å². The number of hydrogen-bond acceptors (Lipinski definition) is 4.